The van der Waals surface area contributed by atoms with E-state index in [4.69, 9.17) is 14.2 Å². The van der Waals surface area contributed by atoms with Gasteiger partial charge < -0.3 is 19.5 Å². The predicted octanol–water partition coefficient (Wildman–Crippen LogP) is 2.43. The Morgan fingerprint density at radius 1 is 0.889 bits per heavy atom. The van der Waals surface area contributed by atoms with Crippen molar-refractivity contribution in [2.75, 3.05) is 39.5 Å². The Bertz CT molecular complexity index is 159. The summed E-state index contributed by atoms with van der Waals surface area (Å²) >= 11 is 0. The molecule has 18 heavy (non-hydrogen) atoms. The second-order valence-electron chi connectivity index (χ2n) is 4.67. The third kappa shape index (κ3) is 12.3. The van der Waals surface area contributed by atoms with E-state index < -0.39 is 0 Å². The molecule has 0 aromatic carbocycles. The van der Waals surface area contributed by atoms with E-state index in [9.17, 15) is 0 Å². The highest BCUT2D eigenvalue weighted by molar-refractivity contribution is 4.51. The van der Waals surface area contributed by atoms with Crippen molar-refractivity contribution >= 4 is 0 Å². The van der Waals surface area contributed by atoms with Crippen LogP contribution in [0, 0.1) is 5.92 Å². The molecular weight excluding hydrogens is 230 g/mol. The summed E-state index contributed by atoms with van der Waals surface area (Å²) in [6, 6.07) is 0. The Hall–Kier alpha value is -0.160. The van der Waals surface area contributed by atoms with Crippen LogP contribution < -0.4 is 5.32 Å². The van der Waals surface area contributed by atoms with E-state index in [1.807, 2.05) is 13.8 Å². The van der Waals surface area contributed by atoms with E-state index in [2.05, 4.69) is 19.2 Å². The molecule has 0 aliphatic rings. The minimum absolute atomic E-state index is 0.0747. The van der Waals surface area contributed by atoms with Gasteiger partial charge in [-0.2, -0.15) is 0 Å². The molecule has 4 heteroatoms. The molecule has 0 saturated carbocycles. The first-order chi connectivity index (χ1) is 8.70. The van der Waals surface area contributed by atoms with E-state index in [0.29, 0.717) is 13.2 Å². The van der Waals surface area contributed by atoms with Crippen molar-refractivity contribution in [3.63, 3.8) is 0 Å². The third-order valence-electron chi connectivity index (χ3n) is 2.52. The first-order valence-corrected chi connectivity index (χ1v) is 7.22. The van der Waals surface area contributed by atoms with Crippen LogP contribution in [0.1, 0.15) is 40.5 Å². The summed E-state index contributed by atoms with van der Waals surface area (Å²) in [5, 5.41) is 3.34. The molecule has 0 fully saturated rings. The number of nitrogens with one attached hydrogen (secondary N) is 1. The maximum Gasteiger partial charge on any atom is 0.158 e. The zero-order valence-electron chi connectivity index (χ0n) is 12.5. The van der Waals surface area contributed by atoms with Gasteiger partial charge in [0, 0.05) is 39.3 Å². The van der Waals surface area contributed by atoms with Gasteiger partial charge in [-0.15, -0.1) is 0 Å². The summed E-state index contributed by atoms with van der Waals surface area (Å²) in [5.74, 6) is 0.719. The molecule has 0 aromatic rings. The highest BCUT2D eigenvalue weighted by Crippen LogP contribution is 2.00. The lowest BCUT2D eigenvalue weighted by Gasteiger charge is -2.17. The maximum atomic E-state index is 5.52. The molecule has 0 radical (unpaired) electrons. The Kier molecular flexibility index (Phi) is 13.2. The molecule has 110 valence electrons. The largest absolute Gasteiger partial charge is 0.380 e. The molecule has 1 N–H and O–H groups in total. The Balaban J connectivity index is 3.26. The van der Waals surface area contributed by atoms with Crippen LogP contribution in [-0.4, -0.2) is 45.8 Å². The van der Waals surface area contributed by atoms with Crippen molar-refractivity contribution in [3.8, 4) is 0 Å². The van der Waals surface area contributed by atoms with Gasteiger partial charge in [0.05, 0.1) is 6.61 Å². The fraction of sp³-hybridized carbons (Fsp3) is 1.00. The van der Waals surface area contributed by atoms with E-state index in [-0.39, 0.29) is 6.29 Å². The number of hydrogen-bond donors (Lipinski definition) is 1. The normalized spacial score (nSPS) is 11.7. The Morgan fingerprint density at radius 3 is 2.11 bits per heavy atom. The minimum atomic E-state index is -0.0747. The molecule has 0 spiro atoms. The van der Waals surface area contributed by atoms with Crippen LogP contribution >= 0.6 is 0 Å². The summed E-state index contributed by atoms with van der Waals surface area (Å²) < 4.78 is 16.4. The van der Waals surface area contributed by atoms with Crippen molar-refractivity contribution in [2.24, 2.45) is 5.92 Å². The quantitative estimate of drug-likeness (QED) is 0.408. The van der Waals surface area contributed by atoms with Crippen molar-refractivity contribution < 1.29 is 14.2 Å². The lowest BCUT2D eigenvalue weighted by Crippen LogP contribution is -2.27. The third-order valence-corrected chi connectivity index (χ3v) is 2.52. The topological polar surface area (TPSA) is 39.7 Å². The molecule has 0 atom stereocenters. The van der Waals surface area contributed by atoms with Gasteiger partial charge in [-0.25, -0.2) is 0 Å². The summed E-state index contributed by atoms with van der Waals surface area (Å²) in [6.07, 6.45) is 1.94. The lowest BCUT2D eigenvalue weighted by atomic mass is 10.1. The van der Waals surface area contributed by atoms with Crippen LogP contribution in [0.5, 0.6) is 0 Å². The molecular formula is C14H31NO3. The van der Waals surface area contributed by atoms with Gasteiger partial charge in [-0.1, -0.05) is 13.8 Å². The molecule has 0 bridgehead atoms. The average molecular weight is 261 g/mol. The smallest absolute Gasteiger partial charge is 0.158 e. The van der Waals surface area contributed by atoms with Gasteiger partial charge in [0.15, 0.2) is 6.29 Å². The highest BCUT2D eigenvalue weighted by atomic mass is 16.7. The van der Waals surface area contributed by atoms with Crippen molar-refractivity contribution in [2.45, 2.75) is 46.8 Å². The molecule has 0 amide bonds. The van der Waals surface area contributed by atoms with Gasteiger partial charge in [-0.3, -0.25) is 0 Å². The monoisotopic (exact) mass is 261 g/mol. The van der Waals surface area contributed by atoms with Gasteiger partial charge in [-0.05, 0) is 26.2 Å². The van der Waals surface area contributed by atoms with E-state index >= 15 is 0 Å². The van der Waals surface area contributed by atoms with Crippen LogP contribution in [0.2, 0.25) is 0 Å². The van der Waals surface area contributed by atoms with E-state index in [0.717, 1.165) is 45.1 Å². The Morgan fingerprint density at radius 2 is 1.56 bits per heavy atom. The van der Waals surface area contributed by atoms with Crippen LogP contribution in [0.3, 0.4) is 0 Å². The standard InChI is InChI=1S/C14H31NO3/c1-5-17-14(18-6-2)7-9-15-10-12-16-11-8-13(3)4/h13-15H,5-12H2,1-4H3. The van der Waals surface area contributed by atoms with Gasteiger partial charge in [0.25, 0.3) is 0 Å². The molecule has 0 aromatic heterocycles. The van der Waals surface area contributed by atoms with Crippen molar-refractivity contribution in [1.29, 1.82) is 0 Å². The lowest BCUT2D eigenvalue weighted by molar-refractivity contribution is -0.138. The zero-order chi connectivity index (χ0) is 13.6. The van der Waals surface area contributed by atoms with Crippen molar-refractivity contribution in [1.82, 2.24) is 5.32 Å². The van der Waals surface area contributed by atoms with Crippen LogP contribution in [-0.2, 0) is 14.2 Å². The molecule has 0 heterocycles. The molecule has 0 unspecified atom stereocenters. The zero-order valence-corrected chi connectivity index (χ0v) is 12.5. The highest BCUT2D eigenvalue weighted by Gasteiger charge is 2.06. The first kappa shape index (κ1) is 17.8. The molecule has 0 aliphatic carbocycles. The second-order valence-corrected chi connectivity index (χ2v) is 4.67. The minimum Gasteiger partial charge on any atom is -0.380 e. The molecule has 0 rings (SSSR count). The second kappa shape index (κ2) is 13.3. The number of hydrogen-bond acceptors (Lipinski definition) is 4. The summed E-state index contributed by atoms with van der Waals surface area (Å²) in [4.78, 5) is 0. The maximum absolute atomic E-state index is 5.52. The van der Waals surface area contributed by atoms with Crippen LogP contribution in [0.4, 0.5) is 0 Å². The van der Waals surface area contributed by atoms with Crippen LogP contribution in [0.25, 0.3) is 0 Å². The van der Waals surface area contributed by atoms with Crippen LogP contribution in [0.15, 0.2) is 0 Å². The number of ether oxygens (including phenoxy) is 3. The van der Waals surface area contributed by atoms with Gasteiger partial charge in [0.2, 0.25) is 0 Å². The summed E-state index contributed by atoms with van der Waals surface area (Å²) in [7, 11) is 0. The van der Waals surface area contributed by atoms with E-state index in [1.165, 1.54) is 0 Å². The van der Waals surface area contributed by atoms with Gasteiger partial charge in [0.1, 0.15) is 0 Å². The van der Waals surface area contributed by atoms with Crippen molar-refractivity contribution in [3.05, 3.63) is 0 Å². The molecule has 4 nitrogen and oxygen atoms in total. The molecule has 0 aliphatic heterocycles. The number of rotatable bonds is 13. The Labute approximate surface area is 112 Å². The summed E-state index contributed by atoms with van der Waals surface area (Å²) in [6.45, 7) is 13.2. The van der Waals surface area contributed by atoms with E-state index in [1.54, 1.807) is 0 Å². The summed E-state index contributed by atoms with van der Waals surface area (Å²) in [5.41, 5.74) is 0. The SMILES string of the molecule is CCOC(CCNCCOCCC(C)C)OCC. The average Bonchev–Trinajstić information content (AvgIpc) is 2.32. The molecule has 0 saturated heterocycles. The van der Waals surface area contributed by atoms with Gasteiger partial charge >= 0.3 is 0 Å². The predicted molar refractivity (Wildman–Crippen MR) is 74.8 cm³/mol. The fourth-order valence-corrected chi connectivity index (χ4v) is 1.50. The first-order valence-electron chi connectivity index (χ1n) is 7.22. The fourth-order valence-electron chi connectivity index (χ4n) is 1.50.